The van der Waals surface area contributed by atoms with E-state index >= 15 is 0 Å². The lowest BCUT2D eigenvalue weighted by molar-refractivity contribution is 0.0827. The molecule has 0 unspecified atom stereocenters. The predicted molar refractivity (Wildman–Crippen MR) is 83.1 cm³/mol. The third kappa shape index (κ3) is 3.85. The maximum absolute atomic E-state index is 11.8. The Bertz CT molecular complexity index is 547. The van der Waals surface area contributed by atoms with Gasteiger partial charge >= 0.3 is 0 Å². The van der Waals surface area contributed by atoms with E-state index in [1.165, 1.54) is 5.56 Å². The van der Waals surface area contributed by atoms with E-state index in [9.17, 15) is 4.79 Å². The number of benzene rings is 2. The molecule has 0 saturated heterocycles. The number of carbonyl (C=O) groups excluding carboxylic acids is 1. The summed E-state index contributed by atoms with van der Waals surface area (Å²) in [6.07, 6.45) is 0.985. The number of hydrogen-bond donors (Lipinski definition) is 1. The van der Waals surface area contributed by atoms with E-state index in [0.717, 1.165) is 18.7 Å². The highest BCUT2D eigenvalue weighted by atomic mass is 16.2. The number of rotatable bonds is 5. The lowest BCUT2D eigenvalue weighted by Gasteiger charge is -2.11. The Labute approximate surface area is 120 Å². The van der Waals surface area contributed by atoms with Crippen LogP contribution >= 0.6 is 0 Å². The molecule has 2 aromatic carbocycles. The monoisotopic (exact) mass is 268 g/mol. The van der Waals surface area contributed by atoms with Crippen LogP contribution in [0.3, 0.4) is 0 Å². The molecule has 0 aliphatic rings. The Morgan fingerprint density at radius 3 is 2.25 bits per heavy atom. The summed E-state index contributed by atoms with van der Waals surface area (Å²) >= 11 is 0. The van der Waals surface area contributed by atoms with E-state index in [1.54, 1.807) is 19.0 Å². The molecule has 20 heavy (non-hydrogen) atoms. The number of carbonyl (C=O) groups is 1. The normalized spacial score (nSPS) is 10.1. The predicted octanol–water partition coefficient (Wildman–Crippen LogP) is 3.04. The van der Waals surface area contributed by atoms with Gasteiger partial charge in [-0.25, -0.2) is 0 Å². The molecule has 0 fully saturated rings. The molecule has 0 heterocycles. The van der Waals surface area contributed by atoms with Crippen LogP contribution in [-0.2, 0) is 6.42 Å². The Hall–Kier alpha value is -2.29. The molecule has 3 nitrogen and oxygen atoms in total. The van der Waals surface area contributed by atoms with Crippen LogP contribution < -0.4 is 5.32 Å². The fourth-order valence-corrected chi connectivity index (χ4v) is 1.98. The zero-order valence-corrected chi connectivity index (χ0v) is 12.0. The van der Waals surface area contributed by atoms with Crippen LogP contribution in [0.25, 0.3) is 0 Å². The summed E-state index contributed by atoms with van der Waals surface area (Å²) in [6, 6.07) is 18.0. The molecule has 0 saturated carbocycles. The molecule has 0 atom stereocenters. The molecule has 0 aliphatic carbocycles. The lowest BCUT2D eigenvalue weighted by atomic mass is 10.1. The molecule has 2 aromatic rings. The maximum Gasteiger partial charge on any atom is 0.253 e. The van der Waals surface area contributed by atoms with Crippen molar-refractivity contribution in [3.8, 4) is 0 Å². The van der Waals surface area contributed by atoms with Crippen molar-refractivity contribution in [3.05, 3.63) is 65.7 Å². The first kappa shape index (κ1) is 14.1. The summed E-state index contributed by atoms with van der Waals surface area (Å²) in [6.45, 7) is 0.880. The van der Waals surface area contributed by atoms with Gasteiger partial charge in [0.15, 0.2) is 0 Å². The van der Waals surface area contributed by atoms with Crippen molar-refractivity contribution in [2.24, 2.45) is 0 Å². The zero-order valence-electron chi connectivity index (χ0n) is 12.0. The van der Waals surface area contributed by atoms with Crippen molar-refractivity contribution in [2.45, 2.75) is 6.42 Å². The van der Waals surface area contributed by atoms with Crippen molar-refractivity contribution >= 4 is 11.6 Å². The molecule has 0 bridgehead atoms. The smallest absolute Gasteiger partial charge is 0.253 e. The molecule has 3 heteroatoms. The molecule has 0 aliphatic heterocycles. The van der Waals surface area contributed by atoms with Crippen molar-refractivity contribution in [2.75, 3.05) is 26.0 Å². The van der Waals surface area contributed by atoms with E-state index in [4.69, 9.17) is 0 Å². The summed E-state index contributed by atoms with van der Waals surface area (Å²) in [5.74, 6) is 0.0286. The van der Waals surface area contributed by atoms with Gasteiger partial charge in [0.2, 0.25) is 0 Å². The second kappa shape index (κ2) is 6.75. The van der Waals surface area contributed by atoms with Crippen molar-refractivity contribution < 1.29 is 4.79 Å². The van der Waals surface area contributed by atoms with Gasteiger partial charge in [-0.15, -0.1) is 0 Å². The third-order valence-electron chi connectivity index (χ3n) is 3.12. The lowest BCUT2D eigenvalue weighted by Crippen LogP contribution is -2.21. The highest BCUT2D eigenvalue weighted by Gasteiger charge is 2.06. The molecule has 0 spiro atoms. The molecular formula is C17H20N2O. The van der Waals surface area contributed by atoms with Crippen LogP contribution in [0.4, 0.5) is 5.69 Å². The second-order valence-electron chi connectivity index (χ2n) is 4.94. The van der Waals surface area contributed by atoms with Gasteiger partial charge in [-0.2, -0.15) is 0 Å². The van der Waals surface area contributed by atoms with E-state index in [0.29, 0.717) is 5.56 Å². The minimum Gasteiger partial charge on any atom is -0.385 e. The van der Waals surface area contributed by atoms with Crippen LogP contribution in [0.1, 0.15) is 15.9 Å². The number of hydrogen-bond acceptors (Lipinski definition) is 2. The van der Waals surface area contributed by atoms with Crippen molar-refractivity contribution in [1.82, 2.24) is 4.90 Å². The largest absolute Gasteiger partial charge is 0.385 e. The van der Waals surface area contributed by atoms with Crippen LogP contribution in [0.15, 0.2) is 54.6 Å². The van der Waals surface area contributed by atoms with E-state index in [1.807, 2.05) is 30.3 Å². The average molecular weight is 268 g/mol. The van der Waals surface area contributed by atoms with Crippen molar-refractivity contribution in [3.63, 3.8) is 0 Å². The summed E-state index contributed by atoms with van der Waals surface area (Å²) in [5, 5.41) is 3.36. The molecule has 104 valence electrons. The Morgan fingerprint density at radius 2 is 1.65 bits per heavy atom. The average Bonchev–Trinajstić information content (AvgIpc) is 2.48. The SMILES string of the molecule is CN(C)C(=O)c1ccc(NCCc2ccccc2)cc1. The first-order valence-corrected chi connectivity index (χ1v) is 6.76. The molecular weight excluding hydrogens is 248 g/mol. The van der Waals surface area contributed by atoms with Crippen LogP contribution in [0.2, 0.25) is 0 Å². The Kier molecular flexibility index (Phi) is 4.77. The van der Waals surface area contributed by atoms with Crippen molar-refractivity contribution in [1.29, 1.82) is 0 Å². The summed E-state index contributed by atoms with van der Waals surface area (Å²) in [5.41, 5.74) is 3.07. The fourth-order valence-electron chi connectivity index (χ4n) is 1.98. The van der Waals surface area contributed by atoms with Crippen LogP contribution in [-0.4, -0.2) is 31.4 Å². The first-order chi connectivity index (χ1) is 9.66. The molecule has 2 rings (SSSR count). The highest BCUT2D eigenvalue weighted by Crippen LogP contribution is 2.11. The van der Waals surface area contributed by atoms with Gasteiger partial charge in [-0.05, 0) is 36.2 Å². The standard InChI is InChI=1S/C17H20N2O/c1-19(2)17(20)15-8-10-16(11-9-15)18-13-12-14-6-4-3-5-7-14/h3-11,18H,12-13H2,1-2H3. The third-order valence-corrected chi connectivity index (χ3v) is 3.12. The fraction of sp³-hybridized carbons (Fsp3) is 0.235. The van der Waals surface area contributed by atoms with Crippen LogP contribution in [0, 0.1) is 0 Å². The number of anilines is 1. The summed E-state index contributed by atoms with van der Waals surface area (Å²) in [7, 11) is 3.52. The molecule has 1 amide bonds. The Balaban J connectivity index is 1.87. The minimum absolute atomic E-state index is 0.0286. The van der Waals surface area contributed by atoms with Gasteiger partial charge in [0.1, 0.15) is 0 Å². The number of nitrogens with zero attached hydrogens (tertiary/aromatic N) is 1. The molecule has 0 aromatic heterocycles. The molecule has 0 radical (unpaired) electrons. The summed E-state index contributed by atoms with van der Waals surface area (Å²) < 4.78 is 0. The van der Waals surface area contributed by atoms with Crippen LogP contribution in [0.5, 0.6) is 0 Å². The maximum atomic E-state index is 11.8. The van der Waals surface area contributed by atoms with E-state index in [-0.39, 0.29) is 5.91 Å². The zero-order chi connectivity index (χ0) is 14.4. The van der Waals surface area contributed by atoms with Gasteiger partial charge < -0.3 is 10.2 Å². The molecule has 1 N–H and O–H groups in total. The van der Waals surface area contributed by atoms with Gasteiger partial charge in [-0.3, -0.25) is 4.79 Å². The Morgan fingerprint density at radius 1 is 1.00 bits per heavy atom. The first-order valence-electron chi connectivity index (χ1n) is 6.76. The van der Waals surface area contributed by atoms with E-state index in [2.05, 4.69) is 29.6 Å². The van der Waals surface area contributed by atoms with Gasteiger partial charge in [0, 0.05) is 31.9 Å². The van der Waals surface area contributed by atoms with Gasteiger partial charge in [-0.1, -0.05) is 30.3 Å². The number of amides is 1. The quantitative estimate of drug-likeness (QED) is 0.904. The highest BCUT2D eigenvalue weighted by molar-refractivity contribution is 5.94. The van der Waals surface area contributed by atoms with E-state index < -0.39 is 0 Å². The topological polar surface area (TPSA) is 32.3 Å². The number of nitrogens with one attached hydrogen (secondary N) is 1. The second-order valence-corrected chi connectivity index (χ2v) is 4.94. The summed E-state index contributed by atoms with van der Waals surface area (Å²) in [4.78, 5) is 13.3. The van der Waals surface area contributed by atoms with Gasteiger partial charge in [0.25, 0.3) is 5.91 Å². The van der Waals surface area contributed by atoms with Gasteiger partial charge in [0.05, 0.1) is 0 Å². The minimum atomic E-state index is 0.0286.